The van der Waals surface area contributed by atoms with Crippen molar-refractivity contribution in [1.82, 2.24) is 4.90 Å². The lowest BCUT2D eigenvalue weighted by molar-refractivity contribution is 0.0828. The van der Waals surface area contributed by atoms with E-state index in [1.54, 1.807) is 19.0 Å². The normalized spacial score (nSPS) is 12.0. The number of nitrogens with one attached hydrogen (secondary N) is 1. The Morgan fingerprint density at radius 2 is 1.90 bits per heavy atom. The molecule has 0 radical (unpaired) electrons. The lowest BCUT2D eigenvalue weighted by atomic mass is 10.1. The Bertz CT molecular complexity index is 644. The summed E-state index contributed by atoms with van der Waals surface area (Å²) in [6.45, 7) is 5.96. The summed E-state index contributed by atoms with van der Waals surface area (Å²) >= 11 is 0. The number of hydrogen-bond donors (Lipinski definition) is 1. The van der Waals surface area contributed by atoms with Crippen molar-refractivity contribution in [3.05, 3.63) is 53.0 Å². The molecule has 1 N–H and O–H groups in total. The monoisotopic (exact) mass is 286 g/mol. The molecule has 0 saturated heterocycles. The number of furan rings is 1. The highest BCUT2D eigenvalue weighted by molar-refractivity contribution is 5.99. The second-order valence-electron chi connectivity index (χ2n) is 5.48. The van der Waals surface area contributed by atoms with Crippen molar-refractivity contribution in [1.29, 1.82) is 0 Å². The second-order valence-corrected chi connectivity index (χ2v) is 5.48. The van der Waals surface area contributed by atoms with Gasteiger partial charge in [-0.3, -0.25) is 4.79 Å². The highest BCUT2D eigenvalue weighted by Crippen LogP contribution is 2.26. The van der Waals surface area contributed by atoms with E-state index in [1.807, 2.05) is 44.2 Å². The van der Waals surface area contributed by atoms with Gasteiger partial charge in [0.1, 0.15) is 11.5 Å². The van der Waals surface area contributed by atoms with Gasteiger partial charge in [0, 0.05) is 25.3 Å². The molecule has 4 heteroatoms. The van der Waals surface area contributed by atoms with Crippen molar-refractivity contribution in [3.8, 4) is 0 Å². The SMILES string of the molecule is Cc1cc(C(C)Nc2ccccc2C(=O)N(C)C)c(C)o1. The fourth-order valence-electron chi connectivity index (χ4n) is 2.43. The Hall–Kier alpha value is -2.23. The molecule has 0 aliphatic heterocycles. The zero-order chi connectivity index (χ0) is 15.6. The van der Waals surface area contributed by atoms with Gasteiger partial charge in [-0.1, -0.05) is 12.1 Å². The van der Waals surface area contributed by atoms with E-state index >= 15 is 0 Å². The van der Waals surface area contributed by atoms with Crippen molar-refractivity contribution in [3.63, 3.8) is 0 Å². The van der Waals surface area contributed by atoms with Crippen molar-refractivity contribution in [2.75, 3.05) is 19.4 Å². The molecule has 1 amide bonds. The first kappa shape index (κ1) is 15.2. The van der Waals surface area contributed by atoms with Crippen LogP contribution in [0.15, 0.2) is 34.7 Å². The average molecular weight is 286 g/mol. The highest BCUT2D eigenvalue weighted by Gasteiger charge is 2.17. The maximum atomic E-state index is 12.2. The summed E-state index contributed by atoms with van der Waals surface area (Å²) in [5.74, 6) is 1.79. The fraction of sp³-hybridized carbons (Fsp3) is 0.353. The molecule has 2 aromatic rings. The standard InChI is InChI=1S/C17H22N2O2/c1-11-10-15(13(3)21-11)12(2)18-16-9-7-6-8-14(16)17(20)19(4)5/h6-10,12,18H,1-5H3. The number of nitrogens with zero attached hydrogens (tertiary/aromatic N) is 1. The average Bonchev–Trinajstić information content (AvgIpc) is 2.77. The molecule has 1 atom stereocenters. The summed E-state index contributed by atoms with van der Waals surface area (Å²) < 4.78 is 5.57. The van der Waals surface area contributed by atoms with Crippen LogP contribution in [0.1, 0.15) is 40.4 Å². The summed E-state index contributed by atoms with van der Waals surface area (Å²) in [6, 6.07) is 9.66. The summed E-state index contributed by atoms with van der Waals surface area (Å²) in [6.07, 6.45) is 0. The summed E-state index contributed by atoms with van der Waals surface area (Å²) in [5.41, 5.74) is 2.62. The quantitative estimate of drug-likeness (QED) is 0.930. The molecule has 1 aromatic heterocycles. The lowest BCUT2D eigenvalue weighted by Crippen LogP contribution is -2.23. The van der Waals surface area contributed by atoms with Crippen LogP contribution in [0.3, 0.4) is 0 Å². The van der Waals surface area contributed by atoms with Crippen LogP contribution < -0.4 is 5.32 Å². The smallest absolute Gasteiger partial charge is 0.255 e. The highest BCUT2D eigenvalue weighted by atomic mass is 16.3. The molecule has 1 unspecified atom stereocenters. The third-order valence-corrected chi connectivity index (χ3v) is 3.48. The predicted octanol–water partition coefficient (Wildman–Crippen LogP) is 3.77. The molecule has 0 saturated carbocycles. The van der Waals surface area contributed by atoms with Crippen LogP contribution in [-0.4, -0.2) is 24.9 Å². The van der Waals surface area contributed by atoms with Crippen LogP contribution in [0.2, 0.25) is 0 Å². The van der Waals surface area contributed by atoms with Crippen LogP contribution in [0.5, 0.6) is 0 Å². The van der Waals surface area contributed by atoms with Gasteiger partial charge >= 0.3 is 0 Å². The number of aryl methyl sites for hydroxylation is 2. The van der Waals surface area contributed by atoms with Crippen LogP contribution in [-0.2, 0) is 0 Å². The van der Waals surface area contributed by atoms with Gasteiger partial charge in [0.05, 0.1) is 11.6 Å². The lowest BCUT2D eigenvalue weighted by Gasteiger charge is -2.19. The zero-order valence-electron chi connectivity index (χ0n) is 13.2. The van der Waals surface area contributed by atoms with Crippen LogP contribution >= 0.6 is 0 Å². The Balaban J connectivity index is 2.27. The molecule has 0 bridgehead atoms. The molecule has 0 spiro atoms. The molecular formula is C17H22N2O2. The molecule has 2 rings (SSSR count). The number of hydrogen-bond acceptors (Lipinski definition) is 3. The minimum absolute atomic E-state index is 0.00889. The van der Waals surface area contributed by atoms with Gasteiger partial charge in [0.25, 0.3) is 5.91 Å². The van der Waals surface area contributed by atoms with E-state index in [0.29, 0.717) is 5.56 Å². The number of anilines is 1. The summed E-state index contributed by atoms with van der Waals surface area (Å²) in [5, 5.41) is 3.41. The zero-order valence-corrected chi connectivity index (χ0v) is 13.2. The number of para-hydroxylation sites is 1. The minimum Gasteiger partial charge on any atom is -0.466 e. The van der Waals surface area contributed by atoms with E-state index in [-0.39, 0.29) is 11.9 Å². The fourth-order valence-corrected chi connectivity index (χ4v) is 2.43. The molecule has 0 aliphatic carbocycles. The third kappa shape index (κ3) is 3.27. The van der Waals surface area contributed by atoms with E-state index in [4.69, 9.17) is 4.42 Å². The van der Waals surface area contributed by atoms with Gasteiger partial charge in [-0.05, 0) is 39.0 Å². The van der Waals surface area contributed by atoms with Crippen molar-refractivity contribution >= 4 is 11.6 Å². The Morgan fingerprint density at radius 3 is 2.48 bits per heavy atom. The van der Waals surface area contributed by atoms with Crippen LogP contribution in [0, 0.1) is 13.8 Å². The molecule has 0 fully saturated rings. The first-order chi connectivity index (χ1) is 9.90. The van der Waals surface area contributed by atoms with Gasteiger partial charge in [-0.15, -0.1) is 0 Å². The largest absolute Gasteiger partial charge is 0.466 e. The van der Waals surface area contributed by atoms with Crippen molar-refractivity contribution < 1.29 is 9.21 Å². The number of rotatable bonds is 4. The van der Waals surface area contributed by atoms with Gasteiger partial charge < -0.3 is 14.6 Å². The molecule has 1 aromatic carbocycles. The number of benzene rings is 1. The summed E-state index contributed by atoms with van der Waals surface area (Å²) in [7, 11) is 3.51. The van der Waals surface area contributed by atoms with E-state index in [2.05, 4.69) is 12.2 Å². The number of carbonyl (C=O) groups excluding carboxylic acids is 1. The Labute approximate surface area is 125 Å². The van der Waals surface area contributed by atoms with Gasteiger partial charge in [0.15, 0.2) is 0 Å². The van der Waals surface area contributed by atoms with E-state index in [0.717, 1.165) is 22.8 Å². The number of amides is 1. The first-order valence-electron chi connectivity index (χ1n) is 7.04. The molecule has 21 heavy (non-hydrogen) atoms. The summed E-state index contributed by atoms with van der Waals surface area (Å²) in [4.78, 5) is 13.8. The third-order valence-electron chi connectivity index (χ3n) is 3.48. The topological polar surface area (TPSA) is 45.5 Å². The maximum Gasteiger partial charge on any atom is 0.255 e. The van der Waals surface area contributed by atoms with E-state index in [1.165, 1.54) is 0 Å². The Kier molecular flexibility index (Phi) is 4.36. The van der Waals surface area contributed by atoms with Gasteiger partial charge in [0.2, 0.25) is 0 Å². The van der Waals surface area contributed by atoms with Crippen molar-refractivity contribution in [2.45, 2.75) is 26.8 Å². The molecule has 0 aliphatic rings. The Morgan fingerprint density at radius 1 is 1.24 bits per heavy atom. The second kappa shape index (κ2) is 6.04. The molecule has 1 heterocycles. The maximum absolute atomic E-state index is 12.2. The van der Waals surface area contributed by atoms with E-state index < -0.39 is 0 Å². The minimum atomic E-state index is -0.00889. The van der Waals surface area contributed by atoms with Gasteiger partial charge in [-0.2, -0.15) is 0 Å². The van der Waals surface area contributed by atoms with Crippen LogP contribution in [0.4, 0.5) is 5.69 Å². The van der Waals surface area contributed by atoms with Gasteiger partial charge in [-0.25, -0.2) is 0 Å². The molecular weight excluding hydrogens is 264 g/mol. The van der Waals surface area contributed by atoms with E-state index in [9.17, 15) is 4.79 Å². The molecule has 112 valence electrons. The predicted molar refractivity (Wildman–Crippen MR) is 84.7 cm³/mol. The van der Waals surface area contributed by atoms with Crippen LogP contribution in [0.25, 0.3) is 0 Å². The van der Waals surface area contributed by atoms with Crippen molar-refractivity contribution in [2.24, 2.45) is 0 Å². The molecule has 4 nitrogen and oxygen atoms in total. The number of carbonyl (C=O) groups is 1. The first-order valence-corrected chi connectivity index (χ1v) is 7.04.